The number of hydrogen-bond donors (Lipinski definition) is 4. The summed E-state index contributed by atoms with van der Waals surface area (Å²) in [5.74, 6) is 0. The molecule has 0 amide bonds. The molecule has 2 aromatic rings. The van der Waals surface area contributed by atoms with Gasteiger partial charge in [-0.05, 0) is 78.2 Å². The van der Waals surface area contributed by atoms with Gasteiger partial charge in [-0.25, -0.2) is 0 Å². The molecule has 2 atom stereocenters. The quantitative estimate of drug-likeness (QED) is 0.337. The third-order valence-corrected chi connectivity index (χ3v) is 4.13. The van der Waals surface area contributed by atoms with Gasteiger partial charge in [0.25, 0.3) is 0 Å². The first-order valence-electron chi connectivity index (χ1n) is 10.4. The number of hydrogen-bond acceptors (Lipinski definition) is 4. The zero-order chi connectivity index (χ0) is 21.0. The molecule has 30 heavy (non-hydrogen) atoms. The summed E-state index contributed by atoms with van der Waals surface area (Å²) < 4.78 is 0. The van der Waals surface area contributed by atoms with Gasteiger partial charge in [-0.1, -0.05) is 65.2 Å². The van der Waals surface area contributed by atoms with Crippen LogP contribution in [0, 0.1) is 20.8 Å². The SMILES string of the molecule is Cc1ccc(C)cc1.Cc1ccc(CNCCCCN)cc1.NCCCCN.P.P.[HH]. The van der Waals surface area contributed by atoms with Crippen molar-refractivity contribution in [1.29, 1.82) is 0 Å². The van der Waals surface area contributed by atoms with Crippen LogP contribution in [0.3, 0.4) is 0 Å². The summed E-state index contributed by atoms with van der Waals surface area (Å²) in [7, 11) is 0. The fraction of sp³-hybridized carbons (Fsp3) is 0.500. The van der Waals surface area contributed by atoms with Crippen LogP contribution in [0.2, 0.25) is 0 Å². The number of aryl methyl sites for hydroxylation is 3. The maximum Gasteiger partial charge on any atom is 0.0205 e. The molecule has 0 fully saturated rings. The van der Waals surface area contributed by atoms with Gasteiger partial charge in [0.1, 0.15) is 0 Å². The summed E-state index contributed by atoms with van der Waals surface area (Å²) in [5, 5.41) is 3.40. The lowest BCUT2D eigenvalue weighted by molar-refractivity contribution is 0.627. The maximum atomic E-state index is 5.41. The molecule has 7 N–H and O–H groups in total. The summed E-state index contributed by atoms with van der Waals surface area (Å²) in [5.41, 5.74) is 21.1. The van der Waals surface area contributed by atoms with Gasteiger partial charge >= 0.3 is 0 Å². The highest BCUT2D eigenvalue weighted by molar-refractivity contribution is 6.92. The Balaban J connectivity index is -0.000000185. The van der Waals surface area contributed by atoms with Gasteiger partial charge in [-0.3, -0.25) is 0 Å². The van der Waals surface area contributed by atoms with Gasteiger partial charge in [0.05, 0.1) is 0 Å². The highest BCUT2D eigenvalue weighted by atomic mass is 31.0. The first-order chi connectivity index (χ1) is 13.5. The zero-order valence-electron chi connectivity index (χ0n) is 19.6. The van der Waals surface area contributed by atoms with Crippen molar-refractivity contribution < 1.29 is 1.43 Å². The number of nitrogens with two attached hydrogens (primary N) is 3. The van der Waals surface area contributed by atoms with Crippen molar-refractivity contribution in [1.82, 2.24) is 5.32 Å². The molecular weight excluding hydrogens is 406 g/mol. The van der Waals surface area contributed by atoms with E-state index < -0.39 is 0 Å². The van der Waals surface area contributed by atoms with Gasteiger partial charge in [0.2, 0.25) is 0 Å². The van der Waals surface area contributed by atoms with Crippen LogP contribution in [0.15, 0.2) is 48.5 Å². The Bertz CT molecular complexity index is 556. The second kappa shape index (κ2) is 24.4. The van der Waals surface area contributed by atoms with Crippen LogP contribution < -0.4 is 22.5 Å². The van der Waals surface area contributed by atoms with E-state index >= 15 is 0 Å². The average Bonchev–Trinajstić information content (AvgIpc) is 2.71. The standard InChI is InChI=1S/C12H20N2.C8H10.C4H12N2.2H3P.H2/c1-11-4-6-12(7-5-11)10-14-9-3-2-8-13;1-7-3-5-8(2)6-4-7;5-3-1-2-4-6;;;/h4-7,14H,2-3,8-10,13H2,1H3;3-6H,1-2H3;1-6H2;2*1H3;1H. The molecule has 0 aromatic heterocycles. The summed E-state index contributed by atoms with van der Waals surface area (Å²) in [6.45, 7) is 10.7. The van der Waals surface area contributed by atoms with E-state index in [1.165, 1.54) is 28.7 Å². The molecule has 2 unspecified atom stereocenters. The normalized spacial score (nSPS) is 9.13. The van der Waals surface area contributed by atoms with Crippen molar-refractivity contribution in [3.8, 4) is 0 Å². The van der Waals surface area contributed by atoms with Gasteiger partial charge in [0.15, 0.2) is 0 Å². The fourth-order valence-corrected chi connectivity index (χ4v) is 2.26. The van der Waals surface area contributed by atoms with Gasteiger partial charge in [-0.15, -0.1) is 0 Å². The number of nitrogens with one attached hydrogen (secondary N) is 1. The van der Waals surface area contributed by atoms with E-state index in [1.54, 1.807) is 0 Å². The van der Waals surface area contributed by atoms with E-state index in [4.69, 9.17) is 17.2 Å². The molecule has 0 heterocycles. The summed E-state index contributed by atoms with van der Waals surface area (Å²) in [6.07, 6.45) is 4.41. The average molecular weight is 457 g/mol. The van der Waals surface area contributed by atoms with Crippen LogP contribution in [-0.2, 0) is 6.54 Å². The van der Waals surface area contributed by atoms with Crippen LogP contribution in [0.25, 0.3) is 0 Å². The van der Waals surface area contributed by atoms with Crippen LogP contribution >= 0.6 is 19.8 Å². The van der Waals surface area contributed by atoms with E-state index in [0.29, 0.717) is 0 Å². The van der Waals surface area contributed by atoms with Crippen molar-refractivity contribution in [2.24, 2.45) is 17.2 Å². The first kappa shape index (κ1) is 33.8. The van der Waals surface area contributed by atoms with Crippen molar-refractivity contribution in [2.75, 3.05) is 26.2 Å². The van der Waals surface area contributed by atoms with Gasteiger partial charge in [0, 0.05) is 7.97 Å². The van der Waals surface area contributed by atoms with Crippen molar-refractivity contribution in [2.45, 2.75) is 53.0 Å². The van der Waals surface area contributed by atoms with Crippen LogP contribution in [0.5, 0.6) is 0 Å². The molecule has 0 spiro atoms. The highest BCUT2D eigenvalue weighted by Gasteiger charge is 1.91. The third kappa shape index (κ3) is 21.8. The van der Waals surface area contributed by atoms with E-state index in [0.717, 1.165) is 52.0 Å². The molecule has 0 radical (unpaired) electrons. The molecule has 6 heteroatoms. The van der Waals surface area contributed by atoms with Crippen LogP contribution in [-0.4, -0.2) is 26.2 Å². The molecule has 176 valence electrons. The number of benzene rings is 2. The molecule has 0 saturated carbocycles. The molecule has 0 aliphatic rings. The fourth-order valence-electron chi connectivity index (χ4n) is 2.26. The Morgan fingerprint density at radius 1 is 0.600 bits per heavy atom. The lowest BCUT2D eigenvalue weighted by Crippen LogP contribution is -2.15. The minimum absolute atomic E-state index is 0. The largest absolute Gasteiger partial charge is 0.330 e. The molecule has 4 nitrogen and oxygen atoms in total. The number of unbranched alkanes of at least 4 members (excludes halogenated alkanes) is 2. The van der Waals surface area contributed by atoms with E-state index in [-0.39, 0.29) is 21.2 Å². The summed E-state index contributed by atoms with van der Waals surface area (Å²) >= 11 is 0. The lowest BCUT2D eigenvalue weighted by atomic mass is 10.1. The maximum absolute atomic E-state index is 5.41. The summed E-state index contributed by atoms with van der Waals surface area (Å²) in [6, 6.07) is 17.1. The molecule has 0 saturated heterocycles. The highest BCUT2D eigenvalue weighted by Crippen LogP contribution is 2.02. The Morgan fingerprint density at radius 2 is 0.933 bits per heavy atom. The van der Waals surface area contributed by atoms with Crippen LogP contribution in [0.4, 0.5) is 0 Å². The Labute approximate surface area is 193 Å². The second-order valence-corrected chi connectivity index (χ2v) is 7.10. The Hall–Kier alpha value is -0.860. The van der Waals surface area contributed by atoms with Gasteiger partial charge in [-0.2, -0.15) is 19.8 Å². The third-order valence-electron chi connectivity index (χ3n) is 4.13. The van der Waals surface area contributed by atoms with Crippen molar-refractivity contribution in [3.63, 3.8) is 0 Å². The molecule has 0 bridgehead atoms. The van der Waals surface area contributed by atoms with E-state index in [1.807, 2.05) is 0 Å². The topological polar surface area (TPSA) is 90.1 Å². The molecule has 2 rings (SSSR count). The predicted octanol–water partition coefficient (Wildman–Crippen LogP) is 4.17. The minimum atomic E-state index is 0. The molecule has 0 aliphatic carbocycles. The van der Waals surface area contributed by atoms with Crippen LogP contribution in [0.1, 0.15) is 49.4 Å². The molecule has 0 aliphatic heterocycles. The number of rotatable bonds is 9. The van der Waals surface area contributed by atoms with Gasteiger partial charge < -0.3 is 22.5 Å². The molecular formula is C24H50N4P2. The van der Waals surface area contributed by atoms with Crippen molar-refractivity contribution >= 4 is 19.8 Å². The monoisotopic (exact) mass is 456 g/mol. The Morgan fingerprint density at radius 3 is 1.30 bits per heavy atom. The molecule has 2 aromatic carbocycles. The lowest BCUT2D eigenvalue weighted by Gasteiger charge is -2.04. The predicted molar refractivity (Wildman–Crippen MR) is 149 cm³/mol. The zero-order valence-corrected chi connectivity index (χ0v) is 22.5. The Kier molecular flexibility index (Phi) is 27.5. The summed E-state index contributed by atoms with van der Waals surface area (Å²) in [4.78, 5) is 0. The smallest absolute Gasteiger partial charge is 0.0205 e. The second-order valence-electron chi connectivity index (χ2n) is 7.10. The first-order valence-corrected chi connectivity index (χ1v) is 10.4. The van der Waals surface area contributed by atoms with Crippen molar-refractivity contribution in [3.05, 3.63) is 70.8 Å². The van der Waals surface area contributed by atoms with E-state index in [2.05, 4.69) is 74.6 Å². The van der Waals surface area contributed by atoms with E-state index in [9.17, 15) is 0 Å². The minimum Gasteiger partial charge on any atom is -0.330 e.